The van der Waals surface area contributed by atoms with Crippen LogP contribution in [0.5, 0.6) is 11.5 Å². The second kappa shape index (κ2) is 10.4. The summed E-state index contributed by atoms with van der Waals surface area (Å²) in [4.78, 5) is 14.2. The van der Waals surface area contributed by atoms with Gasteiger partial charge >= 0.3 is 5.97 Å². The van der Waals surface area contributed by atoms with Crippen molar-refractivity contribution in [3.05, 3.63) is 77.5 Å². The number of likely N-dealkylation sites (N-methyl/N-ethyl adjacent to an activating group) is 1. The Balaban J connectivity index is 2.35. The molecule has 2 aromatic rings. The van der Waals surface area contributed by atoms with Gasteiger partial charge in [-0.1, -0.05) is 43.3 Å². The predicted molar refractivity (Wildman–Crippen MR) is 114 cm³/mol. The van der Waals surface area contributed by atoms with Crippen molar-refractivity contribution in [2.45, 2.75) is 27.2 Å². The van der Waals surface area contributed by atoms with Crippen molar-refractivity contribution in [3.63, 3.8) is 0 Å². The van der Waals surface area contributed by atoms with Crippen LogP contribution in [0, 0.1) is 0 Å². The van der Waals surface area contributed by atoms with Crippen LogP contribution in [-0.2, 0) is 9.53 Å². The molecule has 0 aliphatic rings. The van der Waals surface area contributed by atoms with Crippen LogP contribution in [0.15, 0.2) is 71.9 Å². The minimum atomic E-state index is -0.297. The Morgan fingerprint density at radius 1 is 1.00 bits per heavy atom. The molecule has 0 fully saturated rings. The molecule has 0 atom stereocenters. The molecule has 0 aliphatic heterocycles. The van der Waals surface area contributed by atoms with Gasteiger partial charge in [0.05, 0.1) is 6.61 Å². The number of hydrogen-bond acceptors (Lipinski definition) is 4. The van der Waals surface area contributed by atoms with Crippen molar-refractivity contribution in [1.82, 2.24) is 4.90 Å². The number of nitrogens with zero attached hydrogens (tertiary/aromatic N) is 1. The third-order valence-electron chi connectivity index (χ3n) is 4.26. The van der Waals surface area contributed by atoms with Crippen LogP contribution in [0.3, 0.4) is 0 Å². The summed E-state index contributed by atoms with van der Waals surface area (Å²) in [6, 6.07) is 17.7. The first-order valence-corrected chi connectivity index (χ1v) is 9.55. The smallest absolute Gasteiger partial charge is 0.354 e. The van der Waals surface area contributed by atoms with Gasteiger partial charge in [-0.15, -0.1) is 0 Å². The number of esters is 1. The van der Waals surface area contributed by atoms with E-state index in [2.05, 4.69) is 0 Å². The van der Waals surface area contributed by atoms with Crippen LogP contribution in [0.2, 0.25) is 0 Å². The van der Waals surface area contributed by atoms with Crippen molar-refractivity contribution in [2.24, 2.45) is 0 Å². The van der Waals surface area contributed by atoms with Gasteiger partial charge in [-0.3, -0.25) is 0 Å². The summed E-state index contributed by atoms with van der Waals surface area (Å²) in [6.45, 7) is 6.25. The highest BCUT2D eigenvalue weighted by Crippen LogP contribution is 2.26. The molecule has 28 heavy (non-hydrogen) atoms. The first kappa shape index (κ1) is 21.3. The molecule has 0 heterocycles. The highest BCUT2D eigenvalue weighted by atomic mass is 16.5. The summed E-state index contributed by atoms with van der Waals surface area (Å²) in [5.74, 6) is 1.28. The van der Waals surface area contributed by atoms with Crippen molar-refractivity contribution in [3.8, 4) is 11.5 Å². The Kier molecular flexibility index (Phi) is 7.88. The molecule has 2 rings (SSSR count). The van der Waals surface area contributed by atoms with E-state index in [4.69, 9.17) is 9.47 Å². The fourth-order valence-electron chi connectivity index (χ4n) is 2.91. The maximum absolute atomic E-state index is 12.4. The van der Waals surface area contributed by atoms with E-state index >= 15 is 0 Å². The summed E-state index contributed by atoms with van der Waals surface area (Å²) in [5.41, 5.74) is 3.62. The molecule has 4 heteroatoms. The van der Waals surface area contributed by atoms with Crippen LogP contribution >= 0.6 is 0 Å². The number of para-hydroxylation sites is 1. The lowest BCUT2D eigenvalue weighted by atomic mass is 10.0. The number of ether oxygens (including phenoxy) is 2. The van der Waals surface area contributed by atoms with E-state index in [1.54, 1.807) is 0 Å². The van der Waals surface area contributed by atoms with Crippen LogP contribution in [-0.4, -0.2) is 31.6 Å². The first-order valence-electron chi connectivity index (χ1n) is 9.55. The van der Waals surface area contributed by atoms with Gasteiger partial charge in [0.25, 0.3) is 0 Å². The molecule has 0 amide bonds. The highest BCUT2D eigenvalue weighted by molar-refractivity contribution is 5.89. The molecular formula is C24H29NO3. The first-order chi connectivity index (χ1) is 13.5. The molecule has 2 aromatic carbocycles. The zero-order valence-electron chi connectivity index (χ0n) is 17.4. The number of carbonyl (C=O) groups is 1. The zero-order chi connectivity index (χ0) is 20.5. The summed E-state index contributed by atoms with van der Waals surface area (Å²) in [6.07, 6.45) is 2.78. The van der Waals surface area contributed by atoms with Crippen molar-refractivity contribution >= 4 is 11.5 Å². The van der Waals surface area contributed by atoms with E-state index in [-0.39, 0.29) is 5.97 Å². The maximum atomic E-state index is 12.4. The number of hydrogen-bond donors (Lipinski definition) is 0. The van der Waals surface area contributed by atoms with E-state index < -0.39 is 0 Å². The molecular weight excluding hydrogens is 350 g/mol. The Bertz CT molecular complexity index is 851. The predicted octanol–water partition coefficient (Wildman–Crippen LogP) is 5.67. The molecule has 4 nitrogen and oxygen atoms in total. The Labute approximate surface area is 168 Å². The zero-order valence-corrected chi connectivity index (χ0v) is 17.4. The monoisotopic (exact) mass is 379 g/mol. The lowest BCUT2D eigenvalue weighted by molar-refractivity contribution is -0.140. The third-order valence-corrected chi connectivity index (χ3v) is 4.26. The molecule has 0 radical (unpaired) electrons. The lowest BCUT2D eigenvalue weighted by Crippen LogP contribution is -2.23. The van der Waals surface area contributed by atoms with Crippen LogP contribution in [0.1, 0.15) is 32.8 Å². The molecule has 0 aromatic heterocycles. The number of carbonyl (C=O) groups excluding carboxylic acids is 1. The Hall–Kier alpha value is -3.01. The van der Waals surface area contributed by atoms with Gasteiger partial charge in [-0.25, -0.2) is 4.79 Å². The largest absolute Gasteiger partial charge is 0.461 e. The molecule has 0 aliphatic carbocycles. The number of allylic oxidation sites excluding steroid dienone is 3. The summed E-state index contributed by atoms with van der Waals surface area (Å²) in [7, 11) is 3.72. The molecule has 0 saturated heterocycles. The molecule has 0 spiro atoms. The second-order valence-electron chi connectivity index (χ2n) is 6.61. The average Bonchev–Trinajstić information content (AvgIpc) is 2.68. The minimum absolute atomic E-state index is 0.297. The van der Waals surface area contributed by atoms with E-state index in [1.807, 2.05) is 100 Å². The molecule has 148 valence electrons. The van der Waals surface area contributed by atoms with E-state index in [0.717, 1.165) is 34.6 Å². The molecule has 0 bridgehead atoms. The highest BCUT2D eigenvalue weighted by Gasteiger charge is 2.17. The van der Waals surface area contributed by atoms with Gasteiger partial charge in [-0.05, 0) is 61.2 Å². The molecule has 0 saturated carbocycles. The third kappa shape index (κ3) is 5.74. The van der Waals surface area contributed by atoms with E-state index in [1.165, 1.54) is 0 Å². The normalized spacial score (nSPS) is 12.2. The van der Waals surface area contributed by atoms with E-state index in [0.29, 0.717) is 12.3 Å². The van der Waals surface area contributed by atoms with Crippen LogP contribution < -0.4 is 4.74 Å². The summed E-state index contributed by atoms with van der Waals surface area (Å²) >= 11 is 0. The van der Waals surface area contributed by atoms with Crippen molar-refractivity contribution < 1.29 is 14.3 Å². The Morgan fingerprint density at radius 3 is 2.29 bits per heavy atom. The molecule has 0 N–H and O–H groups in total. The molecule has 0 unspecified atom stereocenters. The standard InChI is InChI=1S/C24H29NO3/c1-6-19(23(25(4)5)24(26)27-7-2)16-18(3)20-12-11-15-22(17-20)28-21-13-9-8-10-14-21/h8-17H,6-7H2,1-5H3. The topological polar surface area (TPSA) is 38.8 Å². The van der Waals surface area contributed by atoms with E-state index in [9.17, 15) is 4.79 Å². The fraction of sp³-hybridized carbons (Fsp3) is 0.292. The van der Waals surface area contributed by atoms with Gasteiger partial charge < -0.3 is 14.4 Å². The number of rotatable bonds is 8. The maximum Gasteiger partial charge on any atom is 0.354 e. The summed E-state index contributed by atoms with van der Waals surface area (Å²) in [5, 5.41) is 0. The summed E-state index contributed by atoms with van der Waals surface area (Å²) < 4.78 is 11.2. The van der Waals surface area contributed by atoms with Gasteiger partial charge in [0, 0.05) is 14.1 Å². The van der Waals surface area contributed by atoms with Crippen molar-refractivity contribution in [2.75, 3.05) is 20.7 Å². The quantitative estimate of drug-likeness (QED) is 0.336. The average molecular weight is 380 g/mol. The SMILES string of the molecule is CCOC(=O)C(=C(C=C(C)c1cccc(Oc2ccccc2)c1)CC)N(C)C. The van der Waals surface area contributed by atoms with Gasteiger partial charge in [0.1, 0.15) is 17.2 Å². The lowest BCUT2D eigenvalue weighted by Gasteiger charge is -2.19. The number of benzene rings is 2. The van der Waals surface area contributed by atoms with Gasteiger partial charge in [-0.2, -0.15) is 0 Å². The fourth-order valence-corrected chi connectivity index (χ4v) is 2.91. The second-order valence-corrected chi connectivity index (χ2v) is 6.61. The van der Waals surface area contributed by atoms with Gasteiger partial charge in [0.15, 0.2) is 0 Å². The van der Waals surface area contributed by atoms with Crippen LogP contribution in [0.25, 0.3) is 5.57 Å². The van der Waals surface area contributed by atoms with Crippen LogP contribution in [0.4, 0.5) is 0 Å². The minimum Gasteiger partial charge on any atom is -0.461 e. The Morgan fingerprint density at radius 2 is 1.68 bits per heavy atom. The van der Waals surface area contributed by atoms with Gasteiger partial charge in [0.2, 0.25) is 0 Å². The van der Waals surface area contributed by atoms with Crippen molar-refractivity contribution in [1.29, 1.82) is 0 Å².